The summed E-state index contributed by atoms with van der Waals surface area (Å²) < 4.78 is 16.6. The normalized spacial score (nSPS) is 11.9. The monoisotopic (exact) mass is 695 g/mol. The maximum Gasteiger partial charge on any atom is 0.306 e. The molecule has 6 heteroatoms. The predicted molar refractivity (Wildman–Crippen MR) is 206 cm³/mol. The summed E-state index contributed by atoms with van der Waals surface area (Å²) in [6.45, 7) is 8.89. The SMILES string of the molecule is CCCCCCCCCCCCCCCC(=O)OC[C@@H](COC(=O)CCCCCCC)OC(=O)CCCCCCCCCCCCC(C)C. The first-order chi connectivity index (χ1) is 23.9. The zero-order chi connectivity index (χ0) is 36.0. The van der Waals surface area contributed by atoms with Gasteiger partial charge in [0.2, 0.25) is 0 Å². The quantitative estimate of drug-likeness (QED) is 0.0364. The molecule has 0 N–H and O–H groups in total. The highest BCUT2D eigenvalue weighted by molar-refractivity contribution is 5.71. The summed E-state index contributed by atoms with van der Waals surface area (Å²) in [4.78, 5) is 37.4. The summed E-state index contributed by atoms with van der Waals surface area (Å²) in [5.41, 5.74) is 0. The van der Waals surface area contributed by atoms with E-state index in [0.717, 1.165) is 70.1 Å². The van der Waals surface area contributed by atoms with Crippen LogP contribution in [0.4, 0.5) is 0 Å². The van der Waals surface area contributed by atoms with Crippen LogP contribution in [0.15, 0.2) is 0 Å². The molecule has 0 aromatic rings. The Kier molecular flexibility index (Phi) is 36.4. The van der Waals surface area contributed by atoms with Crippen LogP contribution in [0.2, 0.25) is 0 Å². The van der Waals surface area contributed by atoms with Crippen molar-refractivity contribution in [3.05, 3.63) is 0 Å². The van der Waals surface area contributed by atoms with Crippen molar-refractivity contribution in [1.29, 1.82) is 0 Å². The molecule has 0 aliphatic rings. The molecule has 290 valence electrons. The third kappa shape index (κ3) is 37.5. The van der Waals surface area contributed by atoms with Gasteiger partial charge >= 0.3 is 17.9 Å². The van der Waals surface area contributed by atoms with Gasteiger partial charge in [0, 0.05) is 19.3 Å². The molecule has 0 unspecified atom stereocenters. The molecule has 0 spiro atoms. The maximum absolute atomic E-state index is 12.6. The minimum atomic E-state index is -0.757. The van der Waals surface area contributed by atoms with Crippen molar-refractivity contribution < 1.29 is 28.6 Å². The lowest BCUT2D eigenvalue weighted by atomic mass is 10.0. The minimum absolute atomic E-state index is 0.0652. The maximum atomic E-state index is 12.6. The van der Waals surface area contributed by atoms with Crippen molar-refractivity contribution in [3.8, 4) is 0 Å². The van der Waals surface area contributed by atoms with Gasteiger partial charge in [-0.05, 0) is 25.2 Å². The van der Waals surface area contributed by atoms with Gasteiger partial charge in [-0.25, -0.2) is 0 Å². The van der Waals surface area contributed by atoms with Gasteiger partial charge in [0.1, 0.15) is 13.2 Å². The first-order valence-electron chi connectivity index (χ1n) is 21.4. The second-order valence-corrected chi connectivity index (χ2v) is 15.1. The van der Waals surface area contributed by atoms with E-state index < -0.39 is 6.10 Å². The van der Waals surface area contributed by atoms with Crippen LogP contribution in [0.25, 0.3) is 0 Å². The number of unbranched alkanes of at least 4 members (excludes halogenated alkanes) is 25. The van der Waals surface area contributed by atoms with Gasteiger partial charge in [0.05, 0.1) is 0 Å². The van der Waals surface area contributed by atoms with Crippen LogP contribution in [0.3, 0.4) is 0 Å². The van der Waals surface area contributed by atoms with Gasteiger partial charge < -0.3 is 14.2 Å². The van der Waals surface area contributed by atoms with Crippen LogP contribution in [-0.2, 0) is 28.6 Å². The Bertz CT molecular complexity index is 736. The van der Waals surface area contributed by atoms with E-state index in [-0.39, 0.29) is 31.1 Å². The van der Waals surface area contributed by atoms with Gasteiger partial charge in [0.15, 0.2) is 6.10 Å². The van der Waals surface area contributed by atoms with Crippen LogP contribution in [0.1, 0.15) is 233 Å². The van der Waals surface area contributed by atoms with Crippen molar-refractivity contribution in [1.82, 2.24) is 0 Å². The second kappa shape index (κ2) is 37.7. The van der Waals surface area contributed by atoms with Gasteiger partial charge in [-0.3, -0.25) is 14.4 Å². The van der Waals surface area contributed by atoms with Crippen LogP contribution in [0.5, 0.6) is 0 Å². The number of ether oxygens (including phenoxy) is 3. The molecular formula is C43H82O6. The highest BCUT2D eigenvalue weighted by Crippen LogP contribution is 2.16. The van der Waals surface area contributed by atoms with Crippen molar-refractivity contribution >= 4 is 17.9 Å². The molecule has 0 heterocycles. The van der Waals surface area contributed by atoms with E-state index in [4.69, 9.17) is 14.2 Å². The van der Waals surface area contributed by atoms with E-state index >= 15 is 0 Å². The van der Waals surface area contributed by atoms with E-state index in [1.54, 1.807) is 0 Å². The molecule has 0 aliphatic carbocycles. The standard InChI is InChI=1S/C43H82O6/c1-5-7-9-11-12-13-14-15-16-20-23-27-31-35-42(45)48-38-40(37-47-41(44)34-30-25-10-8-6-2)49-43(46)36-32-28-24-21-18-17-19-22-26-29-33-39(3)4/h39-40H,5-38H2,1-4H3/t40-/m1/s1. The molecule has 0 saturated heterocycles. The number of rotatable bonds is 38. The first-order valence-corrected chi connectivity index (χ1v) is 21.4. The van der Waals surface area contributed by atoms with Crippen LogP contribution in [-0.4, -0.2) is 37.2 Å². The van der Waals surface area contributed by atoms with Gasteiger partial charge in [-0.1, -0.05) is 195 Å². The lowest BCUT2D eigenvalue weighted by molar-refractivity contribution is -0.167. The van der Waals surface area contributed by atoms with E-state index in [9.17, 15) is 14.4 Å². The van der Waals surface area contributed by atoms with E-state index in [1.807, 2.05) is 0 Å². The average molecular weight is 695 g/mol. The Hall–Kier alpha value is -1.59. The largest absolute Gasteiger partial charge is 0.462 e. The van der Waals surface area contributed by atoms with Gasteiger partial charge in [-0.2, -0.15) is 0 Å². The number of esters is 3. The lowest BCUT2D eigenvalue weighted by Crippen LogP contribution is -2.30. The first kappa shape index (κ1) is 47.4. The third-order valence-corrected chi connectivity index (χ3v) is 9.54. The van der Waals surface area contributed by atoms with E-state index in [1.165, 1.54) is 122 Å². The summed E-state index contributed by atoms with van der Waals surface area (Å²) >= 11 is 0. The fourth-order valence-corrected chi connectivity index (χ4v) is 6.27. The predicted octanol–water partition coefficient (Wildman–Crippen LogP) is 13.2. The van der Waals surface area contributed by atoms with E-state index in [2.05, 4.69) is 27.7 Å². The van der Waals surface area contributed by atoms with Gasteiger partial charge in [-0.15, -0.1) is 0 Å². The smallest absolute Gasteiger partial charge is 0.306 e. The highest BCUT2D eigenvalue weighted by Gasteiger charge is 2.19. The summed E-state index contributed by atoms with van der Waals surface area (Å²) in [6.07, 6.45) is 35.4. The molecule has 0 aromatic carbocycles. The molecule has 6 nitrogen and oxygen atoms in total. The van der Waals surface area contributed by atoms with Crippen molar-refractivity contribution in [2.24, 2.45) is 5.92 Å². The topological polar surface area (TPSA) is 78.9 Å². The molecule has 0 amide bonds. The minimum Gasteiger partial charge on any atom is -0.462 e. The Morgan fingerprint density at radius 3 is 1.00 bits per heavy atom. The zero-order valence-corrected chi connectivity index (χ0v) is 33.1. The Labute approximate surface area is 304 Å². The highest BCUT2D eigenvalue weighted by atomic mass is 16.6. The molecule has 0 rings (SSSR count). The number of carbonyl (C=O) groups is 3. The van der Waals surface area contributed by atoms with Crippen LogP contribution >= 0.6 is 0 Å². The second-order valence-electron chi connectivity index (χ2n) is 15.1. The number of hydrogen-bond acceptors (Lipinski definition) is 6. The van der Waals surface area contributed by atoms with Gasteiger partial charge in [0.25, 0.3) is 0 Å². The molecule has 0 fully saturated rings. The number of hydrogen-bond donors (Lipinski definition) is 0. The van der Waals surface area contributed by atoms with E-state index in [0.29, 0.717) is 19.3 Å². The Morgan fingerprint density at radius 2 is 0.673 bits per heavy atom. The van der Waals surface area contributed by atoms with Crippen molar-refractivity contribution in [2.75, 3.05) is 13.2 Å². The van der Waals surface area contributed by atoms with Crippen molar-refractivity contribution in [2.45, 2.75) is 239 Å². The zero-order valence-electron chi connectivity index (χ0n) is 33.1. The summed E-state index contributed by atoms with van der Waals surface area (Å²) in [7, 11) is 0. The van der Waals surface area contributed by atoms with Crippen molar-refractivity contribution in [3.63, 3.8) is 0 Å². The molecule has 0 aromatic heterocycles. The molecule has 0 aliphatic heterocycles. The Balaban J connectivity index is 4.22. The summed E-state index contributed by atoms with van der Waals surface area (Å²) in [6, 6.07) is 0. The summed E-state index contributed by atoms with van der Waals surface area (Å²) in [5.74, 6) is -0.0558. The fourth-order valence-electron chi connectivity index (χ4n) is 6.27. The number of carbonyl (C=O) groups excluding carboxylic acids is 3. The molecule has 49 heavy (non-hydrogen) atoms. The lowest BCUT2D eigenvalue weighted by Gasteiger charge is -2.18. The van der Waals surface area contributed by atoms with Crippen LogP contribution in [0, 0.1) is 5.92 Å². The molecule has 0 radical (unpaired) electrons. The molecule has 0 bridgehead atoms. The summed E-state index contributed by atoms with van der Waals surface area (Å²) in [5, 5.41) is 0. The Morgan fingerprint density at radius 1 is 0.388 bits per heavy atom. The fraction of sp³-hybridized carbons (Fsp3) is 0.930. The molecule has 1 atom stereocenters. The average Bonchev–Trinajstić information content (AvgIpc) is 3.08. The third-order valence-electron chi connectivity index (χ3n) is 9.54. The molecular weight excluding hydrogens is 612 g/mol. The molecule has 0 saturated carbocycles. The van der Waals surface area contributed by atoms with Crippen LogP contribution < -0.4 is 0 Å².